The Morgan fingerprint density at radius 2 is 2.00 bits per heavy atom. The highest BCUT2D eigenvalue weighted by Crippen LogP contribution is 2.47. The van der Waals surface area contributed by atoms with Gasteiger partial charge < -0.3 is 14.3 Å². The van der Waals surface area contributed by atoms with Gasteiger partial charge in [-0.05, 0) is 32.6 Å². The van der Waals surface area contributed by atoms with Gasteiger partial charge in [0.05, 0.1) is 25.3 Å². The molecule has 6 nitrogen and oxygen atoms in total. The topological polar surface area (TPSA) is 66.7 Å². The minimum Gasteiger partial charge on any atom is -0.361 e. The fraction of sp³-hybridized carbons (Fsp3) is 0.688. The fourth-order valence-electron chi connectivity index (χ4n) is 3.80. The van der Waals surface area contributed by atoms with E-state index in [0.717, 1.165) is 17.7 Å². The van der Waals surface area contributed by atoms with Gasteiger partial charge in [0.25, 0.3) is 11.8 Å². The molecule has 0 aromatic carbocycles. The molecule has 1 aromatic heterocycles. The van der Waals surface area contributed by atoms with Gasteiger partial charge in [-0.2, -0.15) is 0 Å². The summed E-state index contributed by atoms with van der Waals surface area (Å²) in [5.74, 6) is -0.709. The van der Waals surface area contributed by atoms with Crippen molar-refractivity contribution in [2.45, 2.75) is 38.0 Å². The van der Waals surface area contributed by atoms with Crippen molar-refractivity contribution < 1.29 is 22.9 Å². The summed E-state index contributed by atoms with van der Waals surface area (Å²) in [7, 11) is 0. The number of likely N-dealkylation sites (tertiary alicyclic amines) is 2. The third-order valence-electron chi connectivity index (χ3n) is 5.34. The van der Waals surface area contributed by atoms with Crippen LogP contribution in [0.25, 0.3) is 0 Å². The van der Waals surface area contributed by atoms with Crippen LogP contribution in [0.2, 0.25) is 0 Å². The van der Waals surface area contributed by atoms with E-state index in [1.165, 1.54) is 4.90 Å². The van der Waals surface area contributed by atoms with Crippen molar-refractivity contribution in [2.75, 3.05) is 26.2 Å². The molecule has 2 amide bonds. The molecule has 0 N–H and O–H groups in total. The number of hydrogen-bond acceptors (Lipinski definition) is 4. The molecule has 0 unspecified atom stereocenters. The molecule has 8 heteroatoms. The molecule has 3 fully saturated rings. The Hall–Kier alpha value is -1.99. The lowest BCUT2D eigenvalue weighted by atomic mass is 9.93. The van der Waals surface area contributed by atoms with E-state index in [2.05, 4.69) is 5.16 Å². The molecule has 3 heterocycles. The summed E-state index contributed by atoms with van der Waals surface area (Å²) in [6.07, 6.45) is 2.00. The van der Waals surface area contributed by atoms with E-state index in [1.807, 2.05) is 0 Å². The third-order valence-corrected chi connectivity index (χ3v) is 5.34. The largest absolute Gasteiger partial charge is 0.361 e. The van der Waals surface area contributed by atoms with Crippen LogP contribution in [-0.4, -0.2) is 64.3 Å². The Kier molecular flexibility index (Phi) is 3.08. The van der Waals surface area contributed by atoms with Crippen LogP contribution in [-0.2, 0) is 4.79 Å². The molecule has 2 saturated heterocycles. The molecule has 1 aliphatic carbocycles. The number of hydrogen-bond donors (Lipinski definition) is 0. The van der Waals surface area contributed by atoms with Gasteiger partial charge in [-0.1, -0.05) is 5.16 Å². The first-order valence-electron chi connectivity index (χ1n) is 8.14. The molecule has 1 saturated carbocycles. The van der Waals surface area contributed by atoms with Crippen molar-refractivity contribution in [1.82, 2.24) is 15.0 Å². The average Bonchev–Trinajstić information content (AvgIpc) is 3.17. The number of halogens is 2. The lowest BCUT2D eigenvalue weighted by Crippen LogP contribution is -2.47. The van der Waals surface area contributed by atoms with E-state index < -0.39 is 36.2 Å². The minimum atomic E-state index is -2.66. The number of carbonyl (C=O) groups is 2. The molecule has 0 radical (unpaired) electrons. The molecule has 0 bridgehead atoms. The lowest BCUT2D eigenvalue weighted by Gasteiger charge is -2.22. The van der Waals surface area contributed by atoms with Crippen LogP contribution in [0.5, 0.6) is 0 Å². The number of fused-ring (bicyclic) bond motifs is 1. The number of rotatable bonds is 3. The Bertz CT molecular complexity index is 713. The maximum Gasteiger partial charge on any atom is 0.265 e. The normalized spacial score (nSPS) is 32.6. The predicted octanol–water partition coefficient (Wildman–Crippen LogP) is 1.42. The maximum atomic E-state index is 15.3. The Morgan fingerprint density at radius 3 is 2.54 bits per heavy atom. The van der Waals surface area contributed by atoms with E-state index in [1.54, 1.807) is 13.8 Å². The Labute approximate surface area is 137 Å². The average molecular weight is 339 g/mol. The van der Waals surface area contributed by atoms with Crippen molar-refractivity contribution in [3.05, 3.63) is 17.0 Å². The number of nitrogens with zero attached hydrogens (tertiary/aromatic N) is 3. The third kappa shape index (κ3) is 2.01. The van der Waals surface area contributed by atoms with Gasteiger partial charge in [-0.3, -0.25) is 9.59 Å². The van der Waals surface area contributed by atoms with E-state index in [0.29, 0.717) is 23.9 Å². The van der Waals surface area contributed by atoms with Crippen molar-refractivity contribution >= 4 is 11.8 Å². The number of alkyl halides is 2. The Morgan fingerprint density at radius 1 is 1.29 bits per heavy atom. The summed E-state index contributed by atoms with van der Waals surface area (Å²) in [5, 5.41) is 3.70. The van der Waals surface area contributed by atoms with Gasteiger partial charge in [0.15, 0.2) is 5.67 Å². The second-order valence-electron chi connectivity index (χ2n) is 7.26. The fourth-order valence-corrected chi connectivity index (χ4v) is 3.80. The smallest absolute Gasteiger partial charge is 0.265 e. The lowest BCUT2D eigenvalue weighted by molar-refractivity contribution is -0.139. The Balaban J connectivity index is 1.57. The van der Waals surface area contributed by atoms with E-state index in [-0.39, 0.29) is 12.1 Å². The van der Waals surface area contributed by atoms with Crippen LogP contribution in [0.4, 0.5) is 8.78 Å². The minimum absolute atomic E-state index is 0.212. The zero-order valence-electron chi connectivity index (χ0n) is 13.6. The monoisotopic (exact) mass is 339 g/mol. The van der Waals surface area contributed by atoms with Gasteiger partial charge in [0.1, 0.15) is 11.3 Å². The van der Waals surface area contributed by atoms with Crippen molar-refractivity contribution in [1.29, 1.82) is 0 Å². The van der Waals surface area contributed by atoms with Crippen LogP contribution in [0.15, 0.2) is 4.52 Å². The second-order valence-corrected chi connectivity index (χ2v) is 7.26. The van der Waals surface area contributed by atoms with Gasteiger partial charge in [0.2, 0.25) is 5.67 Å². The first-order chi connectivity index (χ1) is 11.2. The molecule has 0 spiro atoms. The van der Waals surface area contributed by atoms with Gasteiger partial charge in [0, 0.05) is 6.54 Å². The molecule has 1 aromatic rings. The standard InChI is InChI=1S/C16H19F2N3O3/c1-9-12(10(2)24-19-9)13(22)21-7-15(17)6-20(5-11-3-4-11)14(23)16(15,18)8-21/h11H,3-8H2,1-2H3/t15-,16-/m1/s1. The van der Waals surface area contributed by atoms with Crippen LogP contribution in [0.3, 0.4) is 0 Å². The van der Waals surface area contributed by atoms with Crippen LogP contribution < -0.4 is 0 Å². The van der Waals surface area contributed by atoms with Crippen molar-refractivity contribution in [3.8, 4) is 0 Å². The van der Waals surface area contributed by atoms with E-state index in [4.69, 9.17) is 4.52 Å². The molecule has 24 heavy (non-hydrogen) atoms. The van der Waals surface area contributed by atoms with Crippen LogP contribution in [0.1, 0.15) is 34.7 Å². The molecule has 3 aliphatic rings. The van der Waals surface area contributed by atoms with Gasteiger partial charge >= 0.3 is 0 Å². The van der Waals surface area contributed by atoms with E-state index in [9.17, 15) is 9.59 Å². The molecule has 2 aliphatic heterocycles. The highest BCUT2D eigenvalue weighted by Gasteiger charge is 2.72. The summed E-state index contributed by atoms with van der Waals surface area (Å²) in [6, 6.07) is 0. The maximum absolute atomic E-state index is 15.3. The number of aryl methyl sites for hydroxylation is 2. The molecular formula is C16H19F2N3O3. The summed E-state index contributed by atoms with van der Waals surface area (Å²) in [4.78, 5) is 27.4. The predicted molar refractivity (Wildman–Crippen MR) is 78.9 cm³/mol. The quantitative estimate of drug-likeness (QED) is 0.835. The number of aromatic nitrogens is 1. The number of amides is 2. The summed E-state index contributed by atoms with van der Waals surface area (Å²) < 4.78 is 35.4. The first-order valence-corrected chi connectivity index (χ1v) is 8.14. The first kappa shape index (κ1) is 15.5. The zero-order chi connectivity index (χ0) is 17.3. The van der Waals surface area contributed by atoms with Crippen molar-refractivity contribution in [3.63, 3.8) is 0 Å². The summed E-state index contributed by atoms with van der Waals surface area (Å²) in [5.41, 5.74) is -4.43. The van der Waals surface area contributed by atoms with Crippen LogP contribution >= 0.6 is 0 Å². The molecule has 130 valence electrons. The molecular weight excluding hydrogens is 320 g/mol. The van der Waals surface area contributed by atoms with Crippen LogP contribution in [0, 0.1) is 19.8 Å². The summed E-state index contributed by atoms with van der Waals surface area (Å²) in [6.45, 7) is 2.30. The molecule has 4 rings (SSSR count). The SMILES string of the molecule is Cc1noc(C)c1C(=O)N1C[C@]2(F)CN(CC3CC3)C(=O)[C@]2(F)C1. The second kappa shape index (κ2) is 4.77. The van der Waals surface area contributed by atoms with E-state index >= 15 is 8.78 Å². The highest BCUT2D eigenvalue weighted by atomic mass is 19.2. The van der Waals surface area contributed by atoms with Crippen molar-refractivity contribution in [2.24, 2.45) is 5.92 Å². The highest BCUT2D eigenvalue weighted by molar-refractivity contribution is 5.98. The summed E-state index contributed by atoms with van der Waals surface area (Å²) >= 11 is 0. The molecule has 2 atom stereocenters. The number of carbonyl (C=O) groups excluding carboxylic acids is 2. The van der Waals surface area contributed by atoms with Gasteiger partial charge in [-0.25, -0.2) is 8.78 Å². The zero-order valence-corrected chi connectivity index (χ0v) is 13.6. The van der Waals surface area contributed by atoms with Gasteiger partial charge in [-0.15, -0.1) is 0 Å².